The Balaban J connectivity index is 2.52. The topological polar surface area (TPSA) is 66.5 Å². The van der Waals surface area contributed by atoms with Crippen LogP contribution in [0, 0.1) is 29.3 Å². The molecule has 0 bridgehead atoms. The van der Waals surface area contributed by atoms with Crippen molar-refractivity contribution in [1.29, 1.82) is 0 Å². The molecule has 1 unspecified atom stereocenters. The summed E-state index contributed by atoms with van der Waals surface area (Å²) in [4.78, 5) is 35.9. The van der Waals surface area contributed by atoms with Gasteiger partial charge in [-0.15, -0.1) is 0 Å². The fourth-order valence-corrected chi connectivity index (χ4v) is 2.09. The van der Waals surface area contributed by atoms with Gasteiger partial charge in [-0.2, -0.15) is 0 Å². The molecule has 1 fully saturated rings. The number of carbonyl (C=O) groups is 3. The monoisotopic (exact) mass is 300 g/mol. The van der Waals surface area contributed by atoms with Crippen LogP contribution in [-0.4, -0.2) is 17.8 Å². The maximum absolute atomic E-state index is 13.7. The second kappa shape index (κ2) is 5.19. The number of anilines is 1. The molecule has 0 spiro atoms. The molecule has 4 amide bonds. The van der Waals surface area contributed by atoms with Gasteiger partial charge in [0.05, 0.1) is 5.69 Å². The van der Waals surface area contributed by atoms with Gasteiger partial charge in [-0.3, -0.25) is 14.9 Å². The van der Waals surface area contributed by atoms with E-state index in [1.54, 1.807) is 13.8 Å². The number of nitrogens with one attached hydrogen (secondary N) is 1. The maximum atomic E-state index is 13.7. The van der Waals surface area contributed by atoms with E-state index < -0.39 is 52.8 Å². The van der Waals surface area contributed by atoms with Gasteiger partial charge in [-0.05, 0) is 5.92 Å². The van der Waals surface area contributed by atoms with E-state index in [0.29, 0.717) is 11.0 Å². The highest BCUT2D eigenvalue weighted by Gasteiger charge is 2.43. The fraction of sp³-hybridized carbons (Fsp3) is 0.308. The van der Waals surface area contributed by atoms with E-state index in [4.69, 9.17) is 0 Å². The first-order chi connectivity index (χ1) is 9.73. The van der Waals surface area contributed by atoms with Crippen LogP contribution in [0.25, 0.3) is 0 Å². The number of amides is 4. The van der Waals surface area contributed by atoms with Gasteiger partial charge in [0.15, 0.2) is 17.5 Å². The zero-order valence-corrected chi connectivity index (χ0v) is 11.1. The van der Waals surface area contributed by atoms with Gasteiger partial charge >= 0.3 is 6.03 Å². The second-order valence-electron chi connectivity index (χ2n) is 4.91. The molecule has 1 aromatic carbocycles. The molecule has 1 N–H and O–H groups in total. The molecular formula is C13H11F3N2O3. The Kier molecular flexibility index (Phi) is 3.71. The fourth-order valence-electron chi connectivity index (χ4n) is 2.09. The molecule has 1 atom stereocenters. The summed E-state index contributed by atoms with van der Waals surface area (Å²) in [6.45, 7) is 3.13. The number of urea groups is 1. The normalized spacial score (nSPS) is 19.2. The molecule has 2 rings (SSSR count). The van der Waals surface area contributed by atoms with Gasteiger partial charge in [0, 0.05) is 12.1 Å². The van der Waals surface area contributed by atoms with Crippen molar-refractivity contribution in [2.24, 2.45) is 11.8 Å². The average Bonchev–Trinajstić information content (AvgIpc) is 2.34. The van der Waals surface area contributed by atoms with E-state index >= 15 is 0 Å². The zero-order chi connectivity index (χ0) is 15.9. The minimum atomic E-state index is -1.45. The van der Waals surface area contributed by atoms with Crippen molar-refractivity contribution in [3.05, 3.63) is 29.6 Å². The summed E-state index contributed by atoms with van der Waals surface area (Å²) in [7, 11) is 0. The van der Waals surface area contributed by atoms with Gasteiger partial charge in [0.2, 0.25) is 11.8 Å². The van der Waals surface area contributed by atoms with Crippen molar-refractivity contribution in [3.8, 4) is 0 Å². The highest BCUT2D eigenvalue weighted by atomic mass is 19.2. The maximum Gasteiger partial charge on any atom is 0.335 e. The van der Waals surface area contributed by atoms with E-state index in [2.05, 4.69) is 0 Å². The van der Waals surface area contributed by atoms with Crippen LogP contribution in [0.2, 0.25) is 0 Å². The first-order valence-corrected chi connectivity index (χ1v) is 6.07. The van der Waals surface area contributed by atoms with Gasteiger partial charge in [-0.25, -0.2) is 22.9 Å². The Bertz CT molecular complexity index is 646. The number of nitrogens with zero attached hydrogens (tertiary/aromatic N) is 1. The lowest BCUT2D eigenvalue weighted by Crippen LogP contribution is -2.59. The van der Waals surface area contributed by atoms with Gasteiger partial charge in [0.1, 0.15) is 5.92 Å². The number of carbonyl (C=O) groups excluding carboxylic acids is 3. The molecule has 1 saturated heterocycles. The van der Waals surface area contributed by atoms with Crippen LogP contribution in [0.5, 0.6) is 0 Å². The Labute approximate surface area is 117 Å². The van der Waals surface area contributed by atoms with E-state index in [1.807, 2.05) is 5.32 Å². The number of halogens is 3. The van der Waals surface area contributed by atoms with Crippen LogP contribution in [0.1, 0.15) is 13.8 Å². The summed E-state index contributed by atoms with van der Waals surface area (Å²) in [5.41, 5.74) is -0.741. The first-order valence-electron chi connectivity index (χ1n) is 6.07. The molecule has 0 saturated carbocycles. The quantitative estimate of drug-likeness (QED) is 0.670. The number of imide groups is 2. The molecule has 8 heteroatoms. The third-order valence-electron chi connectivity index (χ3n) is 3.10. The average molecular weight is 300 g/mol. The van der Waals surface area contributed by atoms with Crippen LogP contribution in [0.15, 0.2) is 12.1 Å². The van der Waals surface area contributed by atoms with Crippen molar-refractivity contribution in [2.75, 3.05) is 4.90 Å². The number of benzene rings is 1. The number of barbiturate groups is 1. The van der Waals surface area contributed by atoms with Gasteiger partial charge < -0.3 is 0 Å². The van der Waals surface area contributed by atoms with E-state index in [9.17, 15) is 27.6 Å². The molecular weight excluding hydrogens is 289 g/mol. The second-order valence-corrected chi connectivity index (χ2v) is 4.91. The number of rotatable bonds is 2. The molecule has 21 heavy (non-hydrogen) atoms. The molecule has 1 aliphatic heterocycles. The molecule has 1 aromatic rings. The number of hydrogen-bond donors (Lipinski definition) is 1. The van der Waals surface area contributed by atoms with Crippen molar-refractivity contribution in [2.45, 2.75) is 13.8 Å². The Morgan fingerprint density at radius 2 is 1.62 bits per heavy atom. The standard InChI is InChI=1S/C13H11F3N2O3/c1-5(2)10-11(19)17-13(21)18(12(10)20)9-4-7(15)6(14)3-8(9)16/h3-5,10H,1-2H3,(H,17,19,21). The predicted octanol–water partition coefficient (Wildman–Crippen LogP) is 1.96. The van der Waals surface area contributed by atoms with Crippen LogP contribution >= 0.6 is 0 Å². The lowest BCUT2D eigenvalue weighted by Gasteiger charge is -2.31. The van der Waals surface area contributed by atoms with Crippen molar-refractivity contribution >= 4 is 23.5 Å². The van der Waals surface area contributed by atoms with Crippen molar-refractivity contribution in [1.82, 2.24) is 5.32 Å². The van der Waals surface area contributed by atoms with Crippen LogP contribution < -0.4 is 10.2 Å². The van der Waals surface area contributed by atoms with Crippen molar-refractivity contribution < 1.29 is 27.6 Å². The minimum Gasteiger partial charge on any atom is -0.277 e. The highest BCUT2D eigenvalue weighted by Crippen LogP contribution is 2.28. The SMILES string of the molecule is CC(C)C1C(=O)NC(=O)N(c2cc(F)c(F)cc2F)C1=O. The van der Waals surface area contributed by atoms with E-state index in [1.165, 1.54) is 0 Å². The molecule has 1 heterocycles. The predicted molar refractivity (Wildman–Crippen MR) is 65.7 cm³/mol. The molecule has 112 valence electrons. The Morgan fingerprint density at radius 1 is 1.05 bits per heavy atom. The van der Waals surface area contributed by atoms with Crippen LogP contribution in [-0.2, 0) is 9.59 Å². The molecule has 1 aliphatic rings. The first kappa shape index (κ1) is 15.0. The lowest BCUT2D eigenvalue weighted by molar-refractivity contribution is -0.136. The van der Waals surface area contributed by atoms with E-state index in [-0.39, 0.29) is 6.07 Å². The number of hydrogen-bond acceptors (Lipinski definition) is 3. The van der Waals surface area contributed by atoms with Crippen molar-refractivity contribution in [3.63, 3.8) is 0 Å². The molecule has 0 aliphatic carbocycles. The van der Waals surface area contributed by atoms with Crippen LogP contribution in [0.4, 0.5) is 23.7 Å². The Hall–Kier alpha value is -2.38. The van der Waals surface area contributed by atoms with E-state index in [0.717, 1.165) is 0 Å². The summed E-state index contributed by atoms with van der Waals surface area (Å²) >= 11 is 0. The largest absolute Gasteiger partial charge is 0.335 e. The summed E-state index contributed by atoms with van der Waals surface area (Å²) in [6, 6.07) is -0.576. The molecule has 5 nitrogen and oxygen atoms in total. The lowest BCUT2D eigenvalue weighted by atomic mass is 9.92. The van der Waals surface area contributed by atoms with Gasteiger partial charge in [-0.1, -0.05) is 13.8 Å². The molecule has 0 aromatic heterocycles. The van der Waals surface area contributed by atoms with Gasteiger partial charge in [0.25, 0.3) is 0 Å². The summed E-state index contributed by atoms with van der Waals surface area (Å²) in [6.07, 6.45) is 0. The highest BCUT2D eigenvalue weighted by molar-refractivity contribution is 6.27. The third kappa shape index (κ3) is 2.48. The molecule has 0 radical (unpaired) electrons. The minimum absolute atomic E-state index is 0.228. The summed E-state index contributed by atoms with van der Waals surface area (Å²) in [5.74, 6) is -7.60. The summed E-state index contributed by atoms with van der Waals surface area (Å²) < 4.78 is 39.9. The Morgan fingerprint density at radius 3 is 2.19 bits per heavy atom. The third-order valence-corrected chi connectivity index (χ3v) is 3.10. The zero-order valence-electron chi connectivity index (χ0n) is 11.1. The summed E-state index contributed by atoms with van der Waals surface area (Å²) in [5, 5.41) is 1.90. The smallest absolute Gasteiger partial charge is 0.277 e. The van der Waals surface area contributed by atoms with Crippen LogP contribution in [0.3, 0.4) is 0 Å².